The minimum absolute atomic E-state index is 0.398. The number of rotatable bonds is 1. The maximum atomic E-state index is 9.27. The van der Waals surface area contributed by atoms with E-state index < -0.39 is 6.10 Å². The van der Waals surface area contributed by atoms with Gasteiger partial charge in [0.1, 0.15) is 0 Å². The van der Waals surface area contributed by atoms with E-state index in [-0.39, 0.29) is 0 Å². The molecule has 0 aliphatic heterocycles. The van der Waals surface area contributed by atoms with Gasteiger partial charge in [-0.2, -0.15) is 0 Å². The average molecular weight is 215 g/mol. The molecule has 1 aromatic carbocycles. The Morgan fingerprint density at radius 1 is 1.45 bits per heavy atom. The Morgan fingerprint density at radius 2 is 2.09 bits per heavy atom. The van der Waals surface area contributed by atoms with Crippen molar-refractivity contribution in [2.45, 2.75) is 20.0 Å². The molecule has 1 nitrogen and oxygen atoms in total. The van der Waals surface area contributed by atoms with Crippen molar-refractivity contribution in [1.29, 1.82) is 0 Å². The molecular formula is C9H11BrO. The molecule has 2 heteroatoms. The zero-order valence-electron chi connectivity index (χ0n) is 6.63. The van der Waals surface area contributed by atoms with Crippen LogP contribution in [-0.2, 0) is 0 Å². The van der Waals surface area contributed by atoms with Gasteiger partial charge in [-0.05, 0) is 31.0 Å². The van der Waals surface area contributed by atoms with Gasteiger partial charge in [0.25, 0.3) is 0 Å². The molecule has 0 radical (unpaired) electrons. The maximum Gasteiger partial charge on any atom is 0.0772 e. The van der Waals surface area contributed by atoms with Crippen LogP contribution in [0.25, 0.3) is 0 Å². The summed E-state index contributed by atoms with van der Waals surface area (Å²) >= 11 is 3.39. The Kier molecular flexibility index (Phi) is 2.68. The summed E-state index contributed by atoms with van der Waals surface area (Å²) in [4.78, 5) is 0. The summed E-state index contributed by atoms with van der Waals surface area (Å²) in [6.45, 7) is 3.78. The summed E-state index contributed by atoms with van der Waals surface area (Å²) in [7, 11) is 0. The molecule has 0 heterocycles. The zero-order chi connectivity index (χ0) is 8.43. The molecule has 1 N–H and O–H groups in total. The van der Waals surface area contributed by atoms with Crippen LogP contribution in [0.1, 0.15) is 24.2 Å². The lowest BCUT2D eigenvalue weighted by Gasteiger charge is -2.07. The Labute approximate surface area is 75.2 Å². The summed E-state index contributed by atoms with van der Waals surface area (Å²) in [5, 5.41) is 9.27. The lowest BCUT2D eigenvalue weighted by atomic mass is 10.1. The van der Waals surface area contributed by atoms with E-state index in [2.05, 4.69) is 15.9 Å². The number of hydrogen-bond acceptors (Lipinski definition) is 1. The Morgan fingerprint density at radius 3 is 2.55 bits per heavy atom. The third-order valence-corrected chi connectivity index (χ3v) is 2.29. The predicted molar refractivity (Wildman–Crippen MR) is 49.5 cm³/mol. The van der Waals surface area contributed by atoms with Crippen LogP contribution in [0.4, 0.5) is 0 Å². The van der Waals surface area contributed by atoms with Gasteiger partial charge >= 0.3 is 0 Å². The number of hydrogen-bond donors (Lipinski definition) is 1. The Balaban J connectivity index is 3.09. The molecule has 11 heavy (non-hydrogen) atoms. The van der Waals surface area contributed by atoms with E-state index in [4.69, 9.17) is 0 Å². The number of halogens is 1. The van der Waals surface area contributed by atoms with Crippen LogP contribution < -0.4 is 0 Å². The molecule has 1 atom stereocenters. The van der Waals surface area contributed by atoms with E-state index in [1.807, 2.05) is 25.1 Å². The van der Waals surface area contributed by atoms with E-state index >= 15 is 0 Å². The van der Waals surface area contributed by atoms with Gasteiger partial charge in [0.05, 0.1) is 6.10 Å². The molecule has 0 spiro atoms. The standard InChI is InChI=1S/C9H11BrO/c1-6-3-4-8(7(2)11)9(10)5-6/h3-5,7,11H,1-2H3. The van der Waals surface area contributed by atoms with Gasteiger partial charge in [0.15, 0.2) is 0 Å². The second-order valence-electron chi connectivity index (χ2n) is 2.70. The van der Waals surface area contributed by atoms with Gasteiger partial charge < -0.3 is 5.11 Å². The first kappa shape index (κ1) is 8.75. The summed E-state index contributed by atoms with van der Waals surface area (Å²) in [5.41, 5.74) is 2.14. The van der Waals surface area contributed by atoms with Crippen molar-refractivity contribution in [3.63, 3.8) is 0 Å². The minimum Gasteiger partial charge on any atom is -0.389 e. The molecule has 0 aromatic heterocycles. The molecule has 0 saturated carbocycles. The molecule has 0 bridgehead atoms. The average Bonchev–Trinajstić information content (AvgIpc) is 1.85. The first-order valence-corrected chi connectivity index (χ1v) is 4.34. The van der Waals surface area contributed by atoms with Gasteiger partial charge in [-0.25, -0.2) is 0 Å². The summed E-state index contributed by atoms with van der Waals surface area (Å²) in [5.74, 6) is 0. The van der Waals surface area contributed by atoms with Crippen LogP contribution in [0.2, 0.25) is 0 Å². The molecule has 60 valence electrons. The Bertz CT molecular complexity index is 256. The number of aliphatic hydroxyl groups excluding tert-OH is 1. The van der Waals surface area contributed by atoms with Crippen molar-refractivity contribution in [2.75, 3.05) is 0 Å². The van der Waals surface area contributed by atoms with E-state index in [1.54, 1.807) is 6.92 Å². The highest BCUT2D eigenvalue weighted by Crippen LogP contribution is 2.23. The van der Waals surface area contributed by atoms with E-state index in [9.17, 15) is 5.11 Å². The normalized spacial score (nSPS) is 13.1. The summed E-state index contributed by atoms with van der Waals surface area (Å²) in [6.07, 6.45) is -0.398. The van der Waals surface area contributed by atoms with Gasteiger partial charge in [-0.3, -0.25) is 0 Å². The SMILES string of the molecule is Cc1ccc(C(C)O)c(Br)c1. The zero-order valence-corrected chi connectivity index (χ0v) is 8.22. The van der Waals surface area contributed by atoms with Crippen LogP contribution in [0.3, 0.4) is 0 Å². The maximum absolute atomic E-state index is 9.27. The Hall–Kier alpha value is -0.340. The van der Waals surface area contributed by atoms with Crippen molar-refractivity contribution in [1.82, 2.24) is 0 Å². The van der Waals surface area contributed by atoms with Gasteiger partial charge in [-0.15, -0.1) is 0 Å². The quantitative estimate of drug-likeness (QED) is 0.763. The lowest BCUT2D eigenvalue weighted by molar-refractivity contribution is 0.198. The lowest BCUT2D eigenvalue weighted by Crippen LogP contribution is -1.92. The topological polar surface area (TPSA) is 20.2 Å². The fourth-order valence-corrected chi connectivity index (χ4v) is 1.80. The molecule has 1 aromatic rings. The minimum atomic E-state index is -0.398. The number of benzene rings is 1. The van der Waals surface area contributed by atoms with E-state index in [1.165, 1.54) is 5.56 Å². The fourth-order valence-electron chi connectivity index (χ4n) is 0.971. The first-order valence-electron chi connectivity index (χ1n) is 3.55. The summed E-state index contributed by atoms with van der Waals surface area (Å²) in [6, 6.07) is 5.93. The third kappa shape index (κ3) is 2.04. The van der Waals surface area contributed by atoms with Crippen LogP contribution in [-0.4, -0.2) is 5.11 Å². The van der Waals surface area contributed by atoms with Gasteiger partial charge in [0, 0.05) is 4.47 Å². The van der Waals surface area contributed by atoms with Crippen molar-refractivity contribution < 1.29 is 5.11 Å². The van der Waals surface area contributed by atoms with E-state index in [0.717, 1.165) is 10.0 Å². The second-order valence-corrected chi connectivity index (χ2v) is 3.56. The van der Waals surface area contributed by atoms with Gasteiger partial charge in [0.2, 0.25) is 0 Å². The highest BCUT2D eigenvalue weighted by atomic mass is 79.9. The molecule has 0 saturated heterocycles. The summed E-state index contributed by atoms with van der Waals surface area (Å²) < 4.78 is 0.979. The van der Waals surface area contributed by atoms with Crippen molar-refractivity contribution >= 4 is 15.9 Å². The largest absolute Gasteiger partial charge is 0.389 e. The molecule has 1 rings (SSSR count). The van der Waals surface area contributed by atoms with Crippen molar-refractivity contribution in [3.8, 4) is 0 Å². The smallest absolute Gasteiger partial charge is 0.0772 e. The van der Waals surface area contributed by atoms with Crippen molar-refractivity contribution in [3.05, 3.63) is 33.8 Å². The monoisotopic (exact) mass is 214 g/mol. The van der Waals surface area contributed by atoms with Crippen LogP contribution in [0.15, 0.2) is 22.7 Å². The highest BCUT2D eigenvalue weighted by Gasteiger charge is 2.04. The number of aryl methyl sites for hydroxylation is 1. The fraction of sp³-hybridized carbons (Fsp3) is 0.333. The first-order chi connectivity index (χ1) is 5.11. The third-order valence-electron chi connectivity index (χ3n) is 1.61. The molecule has 0 fully saturated rings. The van der Waals surface area contributed by atoms with Crippen LogP contribution in [0.5, 0.6) is 0 Å². The van der Waals surface area contributed by atoms with E-state index in [0.29, 0.717) is 0 Å². The molecular weight excluding hydrogens is 204 g/mol. The molecule has 1 unspecified atom stereocenters. The highest BCUT2D eigenvalue weighted by molar-refractivity contribution is 9.10. The molecule has 0 amide bonds. The van der Waals surface area contributed by atoms with Crippen LogP contribution >= 0.6 is 15.9 Å². The predicted octanol–water partition coefficient (Wildman–Crippen LogP) is 2.81. The van der Waals surface area contributed by atoms with Gasteiger partial charge in [-0.1, -0.05) is 28.1 Å². The number of aliphatic hydroxyl groups is 1. The van der Waals surface area contributed by atoms with Crippen LogP contribution in [0, 0.1) is 6.92 Å². The second kappa shape index (κ2) is 3.37. The molecule has 0 aliphatic carbocycles. The van der Waals surface area contributed by atoms with Crippen molar-refractivity contribution in [2.24, 2.45) is 0 Å². The molecule has 0 aliphatic rings.